The van der Waals surface area contributed by atoms with E-state index < -0.39 is 12.1 Å². The lowest BCUT2D eigenvalue weighted by molar-refractivity contribution is -0.148. The maximum Gasteiger partial charge on any atom is 0.333 e. The molecule has 0 bridgehead atoms. The number of pyridine rings is 1. The van der Waals surface area contributed by atoms with E-state index in [1.165, 1.54) is 7.11 Å². The van der Waals surface area contributed by atoms with Gasteiger partial charge in [0, 0.05) is 37.8 Å². The van der Waals surface area contributed by atoms with Gasteiger partial charge in [0.2, 0.25) is 11.8 Å². The number of hydrogen-bond acceptors (Lipinski definition) is 7. The van der Waals surface area contributed by atoms with E-state index in [4.69, 9.17) is 23.7 Å². The Kier molecular flexibility index (Phi) is 7.03. The zero-order chi connectivity index (χ0) is 21.5. The second-order valence-electron chi connectivity index (χ2n) is 6.62. The number of benzene rings is 1. The summed E-state index contributed by atoms with van der Waals surface area (Å²) in [5, 5.41) is 9.05. The van der Waals surface area contributed by atoms with Crippen LogP contribution < -0.4 is 9.47 Å². The summed E-state index contributed by atoms with van der Waals surface area (Å²) in [5.41, 5.74) is 2.42. The molecule has 1 atom stereocenters. The number of carboxylic acids is 1. The van der Waals surface area contributed by atoms with Gasteiger partial charge in [-0.25, -0.2) is 14.8 Å². The quantitative estimate of drug-likeness (QED) is 0.541. The number of ether oxygens (including phenoxy) is 3. The van der Waals surface area contributed by atoms with E-state index in [0.29, 0.717) is 24.8 Å². The molecule has 0 amide bonds. The van der Waals surface area contributed by atoms with Crippen molar-refractivity contribution in [3.63, 3.8) is 0 Å². The first-order valence-corrected chi connectivity index (χ1v) is 9.44. The summed E-state index contributed by atoms with van der Waals surface area (Å²) in [7, 11) is 2.99. The number of hydrogen-bond donors (Lipinski definition) is 1. The number of nitrogens with zero attached hydrogens (tertiary/aromatic N) is 2. The predicted molar refractivity (Wildman–Crippen MR) is 109 cm³/mol. The van der Waals surface area contributed by atoms with Gasteiger partial charge in [-0.15, -0.1) is 0 Å². The molecule has 0 aliphatic carbocycles. The van der Waals surface area contributed by atoms with Crippen LogP contribution in [-0.2, 0) is 22.4 Å². The molecular formula is C22H24N2O6. The third-order valence-electron chi connectivity index (χ3n) is 4.58. The van der Waals surface area contributed by atoms with Crippen LogP contribution in [0, 0.1) is 6.92 Å². The fourth-order valence-corrected chi connectivity index (χ4v) is 2.89. The highest BCUT2D eigenvalue weighted by Crippen LogP contribution is 2.25. The maximum atomic E-state index is 11.0. The molecule has 158 valence electrons. The van der Waals surface area contributed by atoms with Gasteiger partial charge in [-0.2, -0.15) is 0 Å². The van der Waals surface area contributed by atoms with Crippen molar-refractivity contribution >= 4 is 5.97 Å². The lowest BCUT2D eigenvalue weighted by atomic mass is 10.1. The number of aryl methyl sites for hydroxylation is 1. The molecule has 30 heavy (non-hydrogen) atoms. The predicted octanol–water partition coefficient (Wildman–Crippen LogP) is 3.32. The molecule has 0 fully saturated rings. The summed E-state index contributed by atoms with van der Waals surface area (Å²) in [5.74, 6) is 1.46. The molecule has 3 aromatic rings. The summed E-state index contributed by atoms with van der Waals surface area (Å²) < 4.78 is 21.7. The molecule has 0 spiro atoms. The van der Waals surface area contributed by atoms with Crippen LogP contribution in [0.3, 0.4) is 0 Å². The molecule has 0 aliphatic heterocycles. The largest absolute Gasteiger partial charge is 0.497 e. The topological polar surface area (TPSA) is 104 Å². The van der Waals surface area contributed by atoms with Crippen LogP contribution in [0.25, 0.3) is 11.5 Å². The van der Waals surface area contributed by atoms with Gasteiger partial charge in [0.1, 0.15) is 11.5 Å². The van der Waals surface area contributed by atoms with Crippen molar-refractivity contribution < 1.29 is 28.5 Å². The molecule has 0 saturated heterocycles. The van der Waals surface area contributed by atoms with Crippen LogP contribution in [-0.4, -0.2) is 48.0 Å². The molecule has 8 heteroatoms. The minimum atomic E-state index is -1.01. The SMILES string of the molecule is COc1cccc(-c2nc(CCOc3ccc(CC(OC)C(=O)O)cn3)c(C)o2)c1. The van der Waals surface area contributed by atoms with Crippen LogP contribution >= 0.6 is 0 Å². The normalized spacial score (nSPS) is 11.8. The number of carbonyl (C=O) groups is 1. The Morgan fingerprint density at radius 3 is 2.73 bits per heavy atom. The Labute approximate surface area is 174 Å². The minimum Gasteiger partial charge on any atom is -0.497 e. The second kappa shape index (κ2) is 9.89. The van der Waals surface area contributed by atoms with E-state index in [1.807, 2.05) is 31.2 Å². The fourth-order valence-electron chi connectivity index (χ4n) is 2.89. The van der Waals surface area contributed by atoms with Crippen molar-refractivity contribution in [1.82, 2.24) is 9.97 Å². The Balaban J connectivity index is 1.56. The highest BCUT2D eigenvalue weighted by atomic mass is 16.5. The zero-order valence-electron chi connectivity index (χ0n) is 17.1. The van der Waals surface area contributed by atoms with Crippen molar-refractivity contribution in [3.05, 3.63) is 59.6 Å². The number of carboxylic acid groups (broad SMARTS) is 1. The van der Waals surface area contributed by atoms with E-state index in [2.05, 4.69) is 9.97 Å². The third kappa shape index (κ3) is 5.36. The van der Waals surface area contributed by atoms with Crippen LogP contribution in [0.4, 0.5) is 0 Å². The smallest absolute Gasteiger partial charge is 0.333 e. The monoisotopic (exact) mass is 412 g/mol. The third-order valence-corrected chi connectivity index (χ3v) is 4.58. The van der Waals surface area contributed by atoms with Crippen LogP contribution in [0.1, 0.15) is 17.0 Å². The van der Waals surface area contributed by atoms with E-state index in [9.17, 15) is 4.79 Å². The summed E-state index contributed by atoms with van der Waals surface area (Å²) >= 11 is 0. The average Bonchev–Trinajstić information content (AvgIpc) is 3.13. The Hall–Kier alpha value is -3.39. The standard InChI is InChI=1S/C22H24N2O6/c1-14-18(24-21(30-14)16-5-4-6-17(12-16)27-2)9-10-29-20-8-7-15(13-23-20)11-19(28-3)22(25)26/h4-8,12-13,19H,9-11H2,1-3H3,(H,25,26). The molecule has 2 aromatic heterocycles. The van der Waals surface area contributed by atoms with Crippen molar-refractivity contribution in [1.29, 1.82) is 0 Å². The van der Waals surface area contributed by atoms with Crippen LogP contribution in [0.5, 0.6) is 11.6 Å². The Bertz CT molecular complexity index is 984. The first-order chi connectivity index (χ1) is 14.5. The van der Waals surface area contributed by atoms with E-state index in [1.54, 1.807) is 25.4 Å². The number of aliphatic carboxylic acids is 1. The maximum absolute atomic E-state index is 11.0. The first-order valence-electron chi connectivity index (χ1n) is 9.44. The molecule has 2 heterocycles. The molecule has 0 aliphatic rings. The van der Waals surface area contributed by atoms with Gasteiger partial charge in [-0.3, -0.25) is 0 Å². The molecular weight excluding hydrogens is 388 g/mol. The van der Waals surface area contributed by atoms with Gasteiger partial charge in [0.25, 0.3) is 0 Å². The van der Waals surface area contributed by atoms with Crippen molar-refractivity contribution in [2.45, 2.75) is 25.9 Å². The molecule has 1 aromatic carbocycles. The van der Waals surface area contributed by atoms with E-state index in [-0.39, 0.29) is 6.42 Å². The molecule has 1 unspecified atom stereocenters. The van der Waals surface area contributed by atoms with Crippen molar-refractivity contribution in [2.75, 3.05) is 20.8 Å². The second-order valence-corrected chi connectivity index (χ2v) is 6.62. The lowest BCUT2D eigenvalue weighted by Gasteiger charge is -2.10. The van der Waals surface area contributed by atoms with Gasteiger partial charge >= 0.3 is 5.97 Å². The fraction of sp³-hybridized carbons (Fsp3) is 0.318. The van der Waals surface area contributed by atoms with Gasteiger partial charge < -0.3 is 23.7 Å². The highest BCUT2D eigenvalue weighted by Gasteiger charge is 2.17. The van der Waals surface area contributed by atoms with Gasteiger partial charge in [-0.05, 0) is 30.7 Å². The van der Waals surface area contributed by atoms with Gasteiger partial charge in [0.15, 0.2) is 6.10 Å². The minimum absolute atomic E-state index is 0.240. The summed E-state index contributed by atoms with van der Waals surface area (Å²) in [6.45, 7) is 2.25. The number of aromatic nitrogens is 2. The molecule has 0 saturated carbocycles. The van der Waals surface area contributed by atoms with E-state index in [0.717, 1.165) is 28.3 Å². The molecule has 1 N–H and O–H groups in total. The van der Waals surface area contributed by atoms with Crippen LogP contribution in [0.2, 0.25) is 0 Å². The summed E-state index contributed by atoms with van der Waals surface area (Å²) in [6.07, 6.45) is 1.50. The number of oxazole rings is 1. The number of rotatable bonds is 10. The zero-order valence-corrected chi connectivity index (χ0v) is 17.1. The van der Waals surface area contributed by atoms with Gasteiger partial charge in [-0.1, -0.05) is 12.1 Å². The van der Waals surface area contributed by atoms with E-state index >= 15 is 0 Å². The molecule has 0 radical (unpaired) electrons. The first kappa shape index (κ1) is 21.3. The lowest BCUT2D eigenvalue weighted by Crippen LogP contribution is -2.24. The Morgan fingerprint density at radius 1 is 1.23 bits per heavy atom. The number of methoxy groups -OCH3 is 2. The van der Waals surface area contributed by atoms with Crippen molar-refractivity contribution in [2.24, 2.45) is 0 Å². The van der Waals surface area contributed by atoms with Crippen molar-refractivity contribution in [3.8, 4) is 23.1 Å². The summed E-state index contributed by atoms with van der Waals surface area (Å²) in [4.78, 5) is 19.8. The van der Waals surface area contributed by atoms with Crippen LogP contribution in [0.15, 0.2) is 47.0 Å². The Morgan fingerprint density at radius 2 is 2.07 bits per heavy atom. The average molecular weight is 412 g/mol. The molecule has 8 nitrogen and oxygen atoms in total. The summed E-state index contributed by atoms with van der Waals surface area (Å²) in [6, 6.07) is 11.0. The highest BCUT2D eigenvalue weighted by molar-refractivity contribution is 5.72. The van der Waals surface area contributed by atoms with Gasteiger partial charge in [0.05, 0.1) is 19.4 Å². The molecule has 3 rings (SSSR count).